The van der Waals surface area contributed by atoms with E-state index in [9.17, 15) is 9.18 Å². The first kappa shape index (κ1) is 10.8. The van der Waals surface area contributed by atoms with Crippen molar-refractivity contribution in [2.24, 2.45) is 0 Å². The van der Waals surface area contributed by atoms with E-state index in [0.717, 1.165) is 0 Å². The lowest BCUT2D eigenvalue weighted by Crippen LogP contribution is -1.94. The second-order valence-corrected chi connectivity index (χ2v) is 4.09. The van der Waals surface area contributed by atoms with Crippen molar-refractivity contribution >= 4 is 27.9 Å². The van der Waals surface area contributed by atoms with Crippen molar-refractivity contribution in [3.05, 3.63) is 41.2 Å². The number of carbonyl (C=O) groups excluding carboxylic acids is 1. The van der Waals surface area contributed by atoms with Gasteiger partial charge in [-0.3, -0.25) is 4.79 Å². The van der Waals surface area contributed by atoms with Crippen LogP contribution < -0.4 is 5.32 Å². The largest absolute Gasteiger partial charge is 0.331 e. The van der Waals surface area contributed by atoms with Gasteiger partial charge in [-0.2, -0.15) is 0 Å². The Hall–Kier alpha value is -1.75. The van der Waals surface area contributed by atoms with Gasteiger partial charge >= 0.3 is 0 Å². The summed E-state index contributed by atoms with van der Waals surface area (Å²) in [5.41, 5.74) is 1.04. The number of halogens is 1. The summed E-state index contributed by atoms with van der Waals surface area (Å²) in [5.74, 6) is -0.392. The number of Topliss-reactive ketones (excluding diaryl/α,β-unsaturated/α-hetero) is 1. The summed E-state index contributed by atoms with van der Waals surface area (Å²) in [7, 11) is 0. The zero-order chi connectivity index (χ0) is 11.5. The summed E-state index contributed by atoms with van der Waals surface area (Å²) in [6.45, 7) is 1.46. The Bertz CT molecular complexity index is 524. The zero-order valence-electron chi connectivity index (χ0n) is 8.53. The van der Waals surface area contributed by atoms with E-state index in [0.29, 0.717) is 16.5 Å². The van der Waals surface area contributed by atoms with E-state index in [-0.39, 0.29) is 11.6 Å². The molecule has 1 heterocycles. The highest BCUT2D eigenvalue weighted by atomic mass is 32.1. The molecule has 0 aliphatic heterocycles. The molecule has 1 aromatic carbocycles. The number of thiazole rings is 1. The van der Waals surface area contributed by atoms with Crippen LogP contribution in [0.4, 0.5) is 15.2 Å². The molecule has 16 heavy (non-hydrogen) atoms. The number of ketones is 1. The molecule has 0 radical (unpaired) electrons. The maximum Gasteiger partial charge on any atom is 0.187 e. The average Bonchev–Trinajstić information content (AvgIpc) is 2.66. The van der Waals surface area contributed by atoms with Gasteiger partial charge in [0.05, 0.1) is 0 Å². The van der Waals surface area contributed by atoms with Crippen molar-refractivity contribution in [1.82, 2.24) is 4.98 Å². The number of carbonyl (C=O) groups is 1. The molecule has 5 heteroatoms. The van der Waals surface area contributed by atoms with E-state index >= 15 is 0 Å². The van der Waals surface area contributed by atoms with E-state index in [1.165, 1.54) is 30.4 Å². The van der Waals surface area contributed by atoms with Gasteiger partial charge in [-0.1, -0.05) is 6.07 Å². The lowest BCUT2D eigenvalue weighted by molar-refractivity contribution is 0.101. The summed E-state index contributed by atoms with van der Waals surface area (Å²) in [6.07, 6.45) is 0. The highest BCUT2D eigenvalue weighted by Gasteiger charge is 2.06. The number of nitrogens with zero attached hydrogens (tertiary/aromatic N) is 1. The van der Waals surface area contributed by atoms with Crippen LogP contribution in [0.1, 0.15) is 17.4 Å². The molecule has 82 valence electrons. The number of anilines is 2. The fourth-order valence-electron chi connectivity index (χ4n) is 1.18. The molecule has 0 fully saturated rings. The molecule has 1 N–H and O–H groups in total. The van der Waals surface area contributed by atoms with E-state index in [4.69, 9.17) is 0 Å². The van der Waals surface area contributed by atoms with Crippen molar-refractivity contribution in [3.63, 3.8) is 0 Å². The lowest BCUT2D eigenvalue weighted by Gasteiger charge is -2.01. The van der Waals surface area contributed by atoms with Crippen LogP contribution in [-0.2, 0) is 0 Å². The first-order chi connectivity index (χ1) is 7.65. The Balaban J connectivity index is 2.17. The third-order valence-electron chi connectivity index (χ3n) is 1.94. The number of hydrogen-bond acceptors (Lipinski definition) is 4. The minimum atomic E-state index is -0.312. The summed E-state index contributed by atoms with van der Waals surface area (Å²) in [6, 6.07) is 6.08. The van der Waals surface area contributed by atoms with E-state index in [1.807, 2.05) is 0 Å². The van der Waals surface area contributed by atoms with Crippen LogP contribution in [0.2, 0.25) is 0 Å². The van der Waals surface area contributed by atoms with Crippen LogP contribution in [0.15, 0.2) is 29.6 Å². The molecule has 0 aliphatic rings. The molecular formula is C11H9FN2OS. The number of aromatic nitrogens is 1. The maximum atomic E-state index is 12.9. The molecule has 3 nitrogen and oxygen atoms in total. The van der Waals surface area contributed by atoms with Crippen LogP contribution in [0, 0.1) is 5.82 Å². The maximum absolute atomic E-state index is 12.9. The van der Waals surface area contributed by atoms with Crippen LogP contribution in [0.3, 0.4) is 0 Å². The van der Waals surface area contributed by atoms with Gasteiger partial charge < -0.3 is 5.32 Å². The van der Waals surface area contributed by atoms with Gasteiger partial charge in [0.25, 0.3) is 0 Å². The second kappa shape index (κ2) is 4.40. The molecular weight excluding hydrogens is 227 g/mol. The first-order valence-corrected chi connectivity index (χ1v) is 5.52. The molecule has 0 saturated carbocycles. The van der Waals surface area contributed by atoms with Gasteiger partial charge in [0.1, 0.15) is 11.5 Å². The predicted octanol–water partition coefficient (Wildman–Crippen LogP) is 3.23. The monoisotopic (exact) mass is 236 g/mol. The van der Waals surface area contributed by atoms with E-state index in [1.54, 1.807) is 17.5 Å². The fourth-order valence-corrected chi connectivity index (χ4v) is 1.95. The molecule has 2 rings (SSSR count). The van der Waals surface area contributed by atoms with Gasteiger partial charge in [-0.15, -0.1) is 11.3 Å². The first-order valence-electron chi connectivity index (χ1n) is 4.64. The molecule has 0 spiro atoms. The van der Waals surface area contributed by atoms with Gasteiger partial charge in [0.2, 0.25) is 0 Å². The second-order valence-electron chi connectivity index (χ2n) is 3.23. The molecule has 0 atom stereocenters. The summed E-state index contributed by atoms with van der Waals surface area (Å²) in [5, 5.41) is 5.19. The summed E-state index contributed by atoms with van der Waals surface area (Å²) in [4.78, 5) is 15.1. The SMILES string of the molecule is CC(=O)c1csc(Nc2cccc(F)c2)n1. The summed E-state index contributed by atoms with van der Waals surface area (Å²) >= 11 is 1.31. The van der Waals surface area contributed by atoms with E-state index in [2.05, 4.69) is 10.3 Å². The van der Waals surface area contributed by atoms with Gasteiger partial charge in [0, 0.05) is 18.0 Å². The highest BCUT2D eigenvalue weighted by molar-refractivity contribution is 7.14. The smallest absolute Gasteiger partial charge is 0.187 e. The Morgan fingerprint density at radius 1 is 1.50 bits per heavy atom. The fraction of sp³-hybridized carbons (Fsp3) is 0.0909. The van der Waals surface area contributed by atoms with Crippen molar-refractivity contribution in [1.29, 1.82) is 0 Å². The third-order valence-corrected chi connectivity index (χ3v) is 2.70. The van der Waals surface area contributed by atoms with Gasteiger partial charge in [-0.05, 0) is 18.2 Å². The van der Waals surface area contributed by atoms with Gasteiger partial charge in [0.15, 0.2) is 10.9 Å². The topological polar surface area (TPSA) is 42.0 Å². The number of nitrogens with one attached hydrogen (secondary N) is 1. The Morgan fingerprint density at radius 2 is 2.31 bits per heavy atom. The standard InChI is InChI=1S/C11H9FN2OS/c1-7(15)10-6-16-11(14-10)13-9-4-2-3-8(12)5-9/h2-6H,1H3,(H,13,14). The highest BCUT2D eigenvalue weighted by Crippen LogP contribution is 2.21. The molecule has 0 aliphatic carbocycles. The van der Waals surface area contributed by atoms with Crippen molar-refractivity contribution < 1.29 is 9.18 Å². The van der Waals surface area contributed by atoms with Gasteiger partial charge in [-0.25, -0.2) is 9.37 Å². The molecule has 0 saturated heterocycles. The minimum absolute atomic E-state index is 0.0801. The molecule has 2 aromatic rings. The van der Waals surface area contributed by atoms with Crippen LogP contribution in [0.25, 0.3) is 0 Å². The quantitative estimate of drug-likeness (QED) is 0.832. The minimum Gasteiger partial charge on any atom is -0.331 e. The van der Waals surface area contributed by atoms with Crippen LogP contribution >= 0.6 is 11.3 Å². The van der Waals surface area contributed by atoms with Crippen molar-refractivity contribution in [2.45, 2.75) is 6.92 Å². The number of hydrogen-bond donors (Lipinski definition) is 1. The average molecular weight is 236 g/mol. The summed E-state index contributed by atoms with van der Waals surface area (Å²) < 4.78 is 12.9. The Kier molecular flexibility index (Phi) is 2.96. The van der Waals surface area contributed by atoms with Crippen LogP contribution in [0.5, 0.6) is 0 Å². The molecule has 1 aromatic heterocycles. The van der Waals surface area contributed by atoms with E-state index < -0.39 is 0 Å². The number of rotatable bonds is 3. The third kappa shape index (κ3) is 2.43. The number of benzene rings is 1. The van der Waals surface area contributed by atoms with Crippen molar-refractivity contribution in [3.8, 4) is 0 Å². The zero-order valence-corrected chi connectivity index (χ0v) is 9.34. The normalized spacial score (nSPS) is 10.1. The molecule has 0 unspecified atom stereocenters. The molecule has 0 bridgehead atoms. The van der Waals surface area contributed by atoms with Crippen LogP contribution in [-0.4, -0.2) is 10.8 Å². The Labute approximate surface area is 96.0 Å². The molecule has 0 amide bonds. The predicted molar refractivity (Wildman–Crippen MR) is 61.8 cm³/mol. The Morgan fingerprint density at radius 3 is 2.94 bits per heavy atom. The lowest BCUT2D eigenvalue weighted by atomic mass is 10.3. The van der Waals surface area contributed by atoms with Crippen molar-refractivity contribution in [2.75, 3.05) is 5.32 Å².